The summed E-state index contributed by atoms with van der Waals surface area (Å²) >= 11 is 16.1. The van der Waals surface area contributed by atoms with Crippen molar-refractivity contribution in [2.45, 2.75) is 69.1 Å². The largest absolute Gasteiger partial charge is 0.490 e. The Labute approximate surface area is 285 Å². The first-order valence-corrected chi connectivity index (χ1v) is 16.6. The van der Waals surface area contributed by atoms with Crippen molar-refractivity contribution in [3.63, 3.8) is 0 Å². The molecule has 2 fully saturated rings. The molecule has 0 saturated carbocycles. The summed E-state index contributed by atoms with van der Waals surface area (Å²) in [4.78, 5) is 42.2. The van der Waals surface area contributed by atoms with Crippen molar-refractivity contribution in [1.29, 1.82) is 0 Å². The number of carbonyl (C=O) groups excluding carboxylic acids is 3. The van der Waals surface area contributed by atoms with Crippen LogP contribution in [-0.2, 0) is 19.7 Å². The fourth-order valence-electron chi connectivity index (χ4n) is 6.83. The Bertz CT molecular complexity index is 1730. The van der Waals surface area contributed by atoms with Crippen LogP contribution < -0.4 is 15.4 Å². The van der Waals surface area contributed by atoms with Gasteiger partial charge in [0.1, 0.15) is 28.7 Å². The third-order valence-electron chi connectivity index (χ3n) is 8.77. The SMILES string of the molecule is CC(C)(C)OC(=O)N1CCC(Oc2ccc(Br)c(F)c2C2NC(=O)CC(c3cccc(Cl)c3)C23C(=O)Nc2cc(Cl)ccc23)CC1. The van der Waals surface area contributed by atoms with Gasteiger partial charge in [-0.1, -0.05) is 41.4 Å². The molecule has 0 aliphatic carbocycles. The van der Waals surface area contributed by atoms with Gasteiger partial charge in [-0.25, -0.2) is 9.18 Å². The van der Waals surface area contributed by atoms with Gasteiger partial charge >= 0.3 is 6.09 Å². The second-order valence-corrected chi connectivity index (χ2v) is 14.6. The van der Waals surface area contributed by atoms with E-state index >= 15 is 4.39 Å². The zero-order valence-corrected chi connectivity index (χ0v) is 28.6. The smallest absolute Gasteiger partial charge is 0.410 e. The second kappa shape index (κ2) is 12.4. The Morgan fingerprint density at radius 1 is 1.04 bits per heavy atom. The number of rotatable bonds is 4. The van der Waals surface area contributed by atoms with Crippen LogP contribution in [0, 0.1) is 5.82 Å². The lowest BCUT2D eigenvalue weighted by atomic mass is 9.59. The van der Waals surface area contributed by atoms with Crippen molar-refractivity contribution in [2.75, 3.05) is 18.4 Å². The lowest BCUT2D eigenvalue weighted by Gasteiger charge is -2.47. The molecule has 0 radical (unpaired) electrons. The van der Waals surface area contributed by atoms with Crippen LogP contribution in [0.2, 0.25) is 10.0 Å². The van der Waals surface area contributed by atoms with E-state index in [0.29, 0.717) is 52.8 Å². The van der Waals surface area contributed by atoms with E-state index in [0.717, 1.165) is 0 Å². The van der Waals surface area contributed by atoms with Gasteiger partial charge in [-0.2, -0.15) is 0 Å². The molecule has 1 spiro atoms. The molecule has 3 atom stereocenters. The summed E-state index contributed by atoms with van der Waals surface area (Å²) in [7, 11) is 0. The topological polar surface area (TPSA) is 97.0 Å². The van der Waals surface area contributed by atoms with Crippen LogP contribution in [0.15, 0.2) is 59.1 Å². The number of hydrogen-bond acceptors (Lipinski definition) is 5. The van der Waals surface area contributed by atoms with E-state index in [-0.39, 0.29) is 34.2 Å². The molecular formula is C34H33BrCl2FN3O5. The van der Waals surface area contributed by atoms with E-state index in [2.05, 4.69) is 26.6 Å². The third-order valence-corrected chi connectivity index (χ3v) is 9.85. The predicted octanol–water partition coefficient (Wildman–Crippen LogP) is 7.91. The van der Waals surface area contributed by atoms with Crippen molar-refractivity contribution in [2.24, 2.45) is 0 Å². The summed E-state index contributed by atoms with van der Waals surface area (Å²) < 4.78 is 28.7. The Morgan fingerprint density at radius 3 is 2.46 bits per heavy atom. The number of halogens is 4. The van der Waals surface area contributed by atoms with E-state index < -0.39 is 40.8 Å². The number of nitrogens with one attached hydrogen (secondary N) is 2. The summed E-state index contributed by atoms with van der Waals surface area (Å²) in [6.45, 7) is 6.23. The van der Waals surface area contributed by atoms with E-state index in [1.165, 1.54) is 6.07 Å². The highest BCUT2D eigenvalue weighted by Gasteiger charge is 2.62. The molecule has 3 amide bonds. The summed E-state index contributed by atoms with van der Waals surface area (Å²) in [5.41, 5.74) is -0.336. The number of ether oxygens (including phenoxy) is 2. The number of anilines is 1. The number of benzene rings is 3. The Morgan fingerprint density at radius 2 is 1.76 bits per heavy atom. The van der Waals surface area contributed by atoms with Crippen LogP contribution in [0.25, 0.3) is 0 Å². The maximum Gasteiger partial charge on any atom is 0.410 e. The number of amides is 3. The van der Waals surface area contributed by atoms with Crippen LogP contribution >= 0.6 is 39.1 Å². The van der Waals surface area contributed by atoms with Gasteiger partial charge in [0, 0.05) is 54.0 Å². The minimum absolute atomic E-state index is 0.0404. The molecule has 0 aromatic heterocycles. The van der Waals surface area contributed by atoms with Crippen molar-refractivity contribution in [1.82, 2.24) is 10.2 Å². The molecule has 6 rings (SSSR count). The standard InChI is InChI=1S/C34H33BrCl2FN3O5/c1-33(2,3)46-32(44)41-13-11-21(12-14-41)45-26-10-9-24(35)29(38)28(26)30-34(22-8-7-20(37)16-25(22)39-31(34)43)23(17-27(42)40-30)18-5-4-6-19(36)15-18/h4-10,15-16,21,23,30H,11-14,17H2,1-3H3,(H,39,43)(H,40,42). The number of nitrogens with zero attached hydrogens (tertiary/aromatic N) is 1. The molecule has 46 heavy (non-hydrogen) atoms. The quantitative estimate of drug-likeness (QED) is 0.284. The second-order valence-electron chi connectivity index (χ2n) is 12.9. The van der Waals surface area contributed by atoms with Gasteiger partial charge in [0.25, 0.3) is 0 Å². The van der Waals surface area contributed by atoms with Gasteiger partial charge in [0.15, 0.2) is 0 Å². The van der Waals surface area contributed by atoms with Crippen LogP contribution in [0.1, 0.15) is 68.7 Å². The van der Waals surface area contributed by atoms with Gasteiger partial charge < -0.3 is 25.0 Å². The maximum atomic E-state index is 16.5. The molecule has 242 valence electrons. The van der Waals surface area contributed by atoms with Crippen LogP contribution in [0.5, 0.6) is 5.75 Å². The first kappa shape index (κ1) is 32.6. The molecule has 8 nitrogen and oxygen atoms in total. The van der Waals surface area contributed by atoms with E-state index in [1.807, 2.05) is 26.8 Å². The van der Waals surface area contributed by atoms with Crippen LogP contribution in [0.4, 0.5) is 14.9 Å². The van der Waals surface area contributed by atoms with Gasteiger partial charge in [-0.15, -0.1) is 0 Å². The lowest BCUT2D eigenvalue weighted by molar-refractivity contribution is -0.131. The van der Waals surface area contributed by atoms with Crippen LogP contribution in [-0.4, -0.2) is 47.6 Å². The Hall–Kier alpha value is -3.34. The summed E-state index contributed by atoms with van der Waals surface area (Å²) in [5, 5.41) is 6.80. The maximum absolute atomic E-state index is 16.5. The molecule has 3 unspecified atom stereocenters. The molecule has 3 heterocycles. The average Bonchev–Trinajstić information content (AvgIpc) is 3.26. The summed E-state index contributed by atoms with van der Waals surface area (Å²) in [6, 6.07) is 14.1. The molecule has 3 aromatic rings. The zero-order valence-electron chi connectivity index (χ0n) is 25.5. The van der Waals surface area contributed by atoms with Gasteiger partial charge in [0.2, 0.25) is 11.8 Å². The highest BCUT2D eigenvalue weighted by atomic mass is 79.9. The predicted molar refractivity (Wildman–Crippen MR) is 177 cm³/mol. The molecular weight excluding hydrogens is 700 g/mol. The summed E-state index contributed by atoms with van der Waals surface area (Å²) in [5.74, 6) is -1.93. The Balaban J connectivity index is 1.43. The van der Waals surface area contributed by atoms with Crippen molar-refractivity contribution >= 4 is 62.7 Å². The first-order chi connectivity index (χ1) is 21.8. The highest BCUT2D eigenvalue weighted by Crippen LogP contribution is 2.59. The fraction of sp³-hybridized carbons (Fsp3) is 0.382. The molecule has 0 bridgehead atoms. The molecule has 3 aliphatic rings. The van der Waals surface area contributed by atoms with Crippen molar-refractivity contribution in [3.8, 4) is 5.75 Å². The normalized spacial score (nSPS) is 23.2. The minimum Gasteiger partial charge on any atom is -0.490 e. The number of hydrogen-bond donors (Lipinski definition) is 2. The van der Waals surface area contributed by atoms with Crippen LogP contribution in [0.3, 0.4) is 0 Å². The van der Waals surface area contributed by atoms with Gasteiger partial charge in [0.05, 0.1) is 16.1 Å². The molecule has 3 aromatic carbocycles. The number of fused-ring (bicyclic) bond motifs is 2. The van der Waals surface area contributed by atoms with Gasteiger partial charge in [-0.3, -0.25) is 9.59 Å². The first-order valence-electron chi connectivity index (χ1n) is 15.1. The van der Waals surface area contributed by atoms with Crippen molar-refractivity contribution in [3.05, 3.63) is 91.6 Å². The highest BCUT2D eigenvalue weighted by molar-refractivity contribution is 9.10. The molecule has 12 heteroatoms. The minimum atomic E-state index is -1.49. The van der Waals surface area contributed by atoms with E-state index in [4.69, 9.17) is 32.7 Å². The number of piperidine rings is 2. The third kappa shape index (κ3) is 5.95. The molecule has 2 saturated heterocycles. The van der Waals surface area contributed by atoms with Crippen molar-refractivity contribution < 1.29 is 28.2 Å². The fourth-order valence-corrected chi connectivity index (χ4v) is 7.55. The lowest BCUT2D eigenvalue weighted by Crippen LogP contribution is -2.57. The van der Waals surface area contributed by atoms with E-state index in [9.17, 15) is 14.4 Å². The number of carbonyl (C=O) groups is 3. The number of likely N-dealkylation sites (tertiary alicyclic amines) is 1. The Kier molecular flexibility index (Phi) is 8.76. The average molecular weight is 733 g/mol. The van der Waals surface area contributed by atoms with E-state index in [1.54, 1.807) is 47.4 Å². The zero-order chi connectivity index (χ0) is 33.0. The van der Waals surface area contributed by atoms with Gasteiger partial charge in [-0.05, 0) is 84.2 Å². The molecule has 2 N–H and O–H groups in total. The monoisotopic (exact) mass is 731 g/mol. The summed E-state index contributed by atoms with van der Waals surface area (Å²) in [6.07, 6.45) is 0.157. The molecule has 3 aliphatic heterocycles.